The van der Waals surface area contributed by atoms with E-state index in [0.717, 1.165) is 45.3 Å². The smallest absolute Gasteiger partial charge is 0.132 e. The minimum absolute atomic E-state index is 0.460. The van der Waals surface area contributed by atoms with Gasteiger partial charge in [-0.3, -0.25) is 0 Å². The lowest BCUT2D eigenvalue weighted by Gasteiger charge is -2.40. The number of nitrogens with zero attached hydrogens (tertiary/aromatic N) is 1. The zero-order valence-corrected chi connectivity index (χ0v) is 36.1. The summed E-state index contributed by atoms with van der Waals surface area (Å²) in [6.07, 6.45) is 0. The Morgan fingerprint density at radius 2 is 0.800 bits per heavy atom. The molecular formula is C62H39NOS. The highest BCUT2D eigenvalue weighted by Crippen LogP contribution is 2.66. The molecule has 0 fully saturated rings. The predicted molar refractivity (Wildman–Crippen MR) is 265 cm³/mol. The van der Waals surface area contributed by atoms with Crippen LogP contribution in [-0.4, -0.2) is 0 Å². The van der Waals surface area contributed by atoms with E-state index in [9.17, 15) is 0 Å². The Hall–Kier alpha value is -7.85. The van der Waals surface area contributed by atoms with E-state index in [-0.39, 0.29) is 0 Å². The molecule has 0 saturated heterocycles. The molecule has 0 radical (unpaired) electrons. The number of fused-ring (bicyclic) bond motifs is 18. The van der Waals surface area contributed by atoms with Gasteiger partial charge in [-0.15, -0.1) is 0 Å². The highest BCUT2D eigenvalue weighted by atomic mass is 32.2. The number of hydrogen-bond acceptors (Lipinski definition) is 3. The molecule has 2 nitrogen and oxygen atoms in total. The van der Waals surface area contributed by atoms with Crippen LogP contribution in [0.5, 0.6) is 11.5 Å². The van der Waals surface area contributed by atoms with Gasteiger partial charge >= 0.3 is 0 Å². The first-order chi connectivity index (χ1) is 32.3. The van der Waals surface area contributed by atoms with E-state index in [1.165, 1.54) is 71.0 Å². The van der Waals surface area contributed by atoms with E-state index in [0.29, 0.717) is 0 Å². The summed E-state index contributed by atoms with van der Waals surface area (Å²) < 4.78 is 6.73. The Balaban J connectivity index is 1.08. The molecule has 0 amide bonds. The van der Waals surface area contributed by atoms with Crippen LogP contribution in [0.4, 0.5) is 17.1 Å². The molecule has 14 rings (SSSR count). The van der Waals surface area contributed by atoms with Crippen molar-refractivity contribution < 1.29 is 4.74 Å². The molecule has 10 aromatic rings. The number of para-hydroxylation sites is 3. The minimum atomic E-state index is -0.596. The van der Waals surface area contributed by atoms with Gasteiger partial charge in [0, 0.05) is 37.7 Å². The van der Waals surface area contributed by atoms with Crippen LogP contribution in [0.1, 0.15) is 44.5 Å². The van der Waals surface area contributed by atoms with Crippen LogP contribution in [0.25, 0.3) is 33.4 Å². The van der Waals surface area contributed by atoms with Crippen LogP contribution in [0.2, 0.25) is 0 Å². The Morgan fingerprint density at radius 3 is 1.49 bits per heavy atom. The highest BCUT2D eigenvalue weighted by molar-refractivity contribution is 7.99. The van der Waals surface area contributed by atoms with Crippen molar-refractivity contribution in [3.8, 4) is 44.9 Å². The van der Waals surface area contributed by atoms with Crippen molar-refractivity contribution in [1.82, 2.24) is 0 Å². The summed E-state index contributed by atoms with van der Waals surface area (Å²) in [7, 11) is 0. The normalized spacial score (nSPS) is 14.5. The van der Waals surface area contributed by atoms with Crippen molar-refractivity contribution >= 4 is 28.8 Å². The van der Waals surface area contributed by atoms with Gasteiger partial charge in [-0.2, -0.15) is 0 Å². The van der Waals surface area contributed by atoms with Gasteiger partial charge in [0.25, 0.3) is 0 Å². The molecule has 304 valence electrons. The summed E-state index contributed by atoms with van der Waals surface area (Å²) in [6.45, 7) is 0. The molecule has 10 aromatic carbocycles. The van der Waals surface area contributed by atoms with Crippen LogP contribution < -0.4 is 9.64 Å². The summed E-state index contributed by atoms with van der Waals surface area (Å²) in [6, 6.07) is 87.5. The fourth-order valence-corrected chi connectivity index (χ4v) is 13.2. The topological polar surface area (TPSA) is 12.5 Å². The van der Waals surface area contributed by atoms with E-state index in [2.05, 4.69) is 241 Å². The molecule has 0 N–H and O–H groups in total. The maximum Gasteiger partial charge on any atom is 0.132 e. The van der Waals surface area contributed by atoms with Crippen LogP contribution in [-0.2, 0) is 10.8 Å². The number of anilines is 3. The predicted octanol–water partition coefficient (Wildman–Crippen LogP) is 16.1. The van der Waals surface area contributed by atoms with Crippen LogP contribution in [0.3, 0.4) is 0 Å². The standard InChI is InChI=1S/C62H39NOS/c1-2-19-40(20-3-1)42-21-6-13-31-54(42)63(41-37-38-48-45(39-41)43-22-4-7-24-46(43)61(48)51-28-11-16-35-58(51)65-59-36-17-12-29-52(59)61)55-32-18-30-53-60(55)44-23-5-8-25-47(44)62(53)49-26-9-14-33-56(49)64-57-34-15-10-27-50(57)62/h1-39H. The summed E-state index contributed by atoms with van der Waals surface area (Å²) in [5, 5.41) is 0. The van der Waals surface area contributed by atoms with E-state index >= 15 is 0 Å². The molecule has 0 atom stereocenters. The summed E-state index contributed by atoms with van der Waals surface area (Å²) in [5.74, 6) is 1.78. The van der Waals surface area contributed by atoms with Crippen molar-refractivity contribution in [3.05, 3.63) is 281 Å². The molecule has 0 saturated carbocycles. The number of ether oxygens (including phenoxy) is 1. The Morgan fingerprint density at radius 1 is 0.323 bits per heavy atom. The lowest BCUT2D eigenvalue weighted by atomic mass is 9.66. The van der Waals surface area contributed by atoms with Gasteiger partial charge in [-0.25, -0.2) is 0 Å². The van der Waals surface area contributed by atoms with E-state index in [4.69, 9.17) is 4.74 Å². The average Bonchev–Trinajstić information content (AvgIpc) is 3.83. The average molecular weight is 846 g/mol. The number of hydrogen-bond donors (Lipinski definition) is 0. The minimum Gasteiger partial charge on any atom is -0.457 e. The zero-order chi connectivity index (χ0) is 42.7. The largest absolute Gasteiger partial charge is 0.457 e. The lowest BCUT2D eigenvalue weighted by Crippen LogP contribution is -2.32. The van der Waals surface area contributed by atoms with Gasteiger partial charge < -0.3 is 9.64 Å². The second-order valence-electron chi connectivity index (χ2n) is 17.4. The van der Waals surface area contributed by atoms with Crippen molar-refractivity contribution in [3.63, 3.8) is 0 Å². The molecule has 2 spiro atoms. The molecule has 0 unspecified atom stereocenters. The second-order valence-corrected chi connectivity index (χ2v) is 18.5. The Kier molecular flexibility index (Phi) is 7.79. The Bertz CT molecular complexity index is 3500. The first-order valence-electron chi connectivity index (χ1n) is 22.4. The van der Waals surface area contributed by atoms with Gasteiger partial charge in [0.15, 0.2) is 0 Å². The van der Waals surface area contributed by atoms with Crippen LogP contribution in [0.15, 0.2) is 246 Å². The molecule has 3 heteroatoms. The molecule has 65 heavy (non-hydrogen) atoms. The molecule has 4 aliphatic rings. The summed E-state index contributed by atoms with van der Waals surface area (Å²) in [5.41, 5.74) is 19.8. The lowest BCUT2D eigenvalue weighted by molar-refractivity contribution is 0.436. The fraction of sp³-hybridized carbons (Fsp3) is 0.0323. The number of rotatable bonds is 4. The first-order valence-corrected chi connectivity index (χ1v) is 23.2. The van der Waals surface area contributed by atoms with Gasteiger partial charge in [0.2, 0.25) is 0 Å². The van der Waals surface area contributed by atoms with Crippen molar-refractivity contribution in [2.45, 2.75) is 20.6 Å². The third-order valence-corrected chi connectivity index (χ3v) is 15.6. The third-order valence-electron chi connectivity index (χ3n) is 14.4. The van der Waals surface area contributed by atoms with Crippen molar-refractivity contribution in [2.75, 3.05) is 4.90 Å². The maximum atomic E-state index is 6.73. The van der Waals surface area contributed by atoms with Crippen LogP contribution in [0, 0.1) is 0 Å². The van der Waals surface area contributed by atoms with Crippen molar-refractivity contribution in [1.29, 1.82) is 0 Å². The summed E-state index contributed by atoms with van der Waals surface area (Å²) >= 11 is 1.89. The van der Waals surface area contributed by atoms with Crippen LogP contribution >= 0.6 is 11.8 Å². The highest BCUT2D eigenvalue weighted by Gasteiger charge is 2.53. The molecule has 0 aromatic heterocycles. The Labute approximate surface area is 383 Å². The second kappa shape index (κ2) is 13.8. The quantitative estimate of drug-likeness (QED) is 0.175. The molecule has 2 heterocycles. The van der Waals surface area contributed by atoms with E-state index in [1.54, 1.807) is 0 Å². The zero-order valence-electron chi connectivity index (χ0n) is 35.3. The van der Waals surface area contributed by atoms with Gasteiger partial charge in [-0.05, 0) is 104 Å². The van der Waals surface area contributed by atoms with E-state index < -0.39 is 10.8 Å². The van der Waals surface area contributed by atoms with Gasteiger partial charge in [-0.1, -0.05) is 200 Å². The SMILES string of the molecule is c1ccc(-c2ccccc2N(c2ccc3c(c2)-c2ccccc2C32c3ccccc3Sc3ccccc32)c2cccc3c2-c2ccccc2C32c3ccccc3Oc3ccccc32)cc1. The molecule has 0 bridgehead atoms. The first kappa shape index (κ1) is 36.6. The third kappa shape index (κ3) is 4.86. The number of benzene rings is 10. The summed E-state index contributed by atoms with van der Waals surface area (Å²) in [4.78, 5) is 5.15. The molecule has 2 aliphatic carbocycles. The van der Waals surface area contributed by atoms with Gasteiger partial charge in [0.05, 0.1) is 22.2 Å². The molecular weight excluding hydrogens is 807 g/mol. The monoisotopic (exact) mass is 845 g/mol. The fourth-order valence-electron chi connectivity index (χ4n) is 12.0. The van der Waals surface area contributed by atoms with Crippen molar-refractivity contribution in [2.24, 2.45) is 0 Å². The van der Waals surface area contributed by atoms with Gasteiger partial charge in [0.1, 0.15) is 11.5 Å². The van der Waals surface area contributed by atoms with E-state index in [1.807, 2.05) is 11.8 Å². The molecule has 2 aliphatic heterocycles. The maximum absolute atomic E-state index is 6.73.